The zero-order valence-corrected chi connectivity index (χ0v) is 10.4. The van der Waals surface area contributed by atoms with Gasteiger partial charge < -0.3 is 10.2 Å². The Hall–Kier alpha value is -0.830. The monoisotopic (exact) mass is 234 g/mol. The fourth-order valence-corrected chi connectivity index (χ4v) is 3.57. The van der Waals surface area contributed by atoms with Crippen LogP contribution in [0.25, 0.3) is 0 Å². The Bertz CT molecular complexity index is 312. The zero-order chi connectivity index (χ0) is 11.7. The van der Waals surface area contributed by atoms with E-state index in [4.69, 9.17) is 0 Å². The number of nitrogens with one attached hydrogen (secondary N) is 1. The molecular weight excluding hydrogens is 212 g/mol. The van der Waals surface area contributed by atoms with Gasteiger partial charge in [0.2, 0.25) is 5.91 Å². The van der Waals surface area contributed by atoms with Crippen LogP contribution in [0.1, 0.15) is 38.5 Å². The third-order valence-corrected chi connectivity index (χ3v) is 4.53. The van der Waals surface area contributed by atoms with Gasteiger partial charge in [0.05, 0.1) is 6.04 Å². The van der Waals surface area contributed by atoms with Crippen LogP contribution in [0.3, 0.4) is 0 Å². The Kier molecular flexibility index (Phi) is 3.19. The van der Waals surface area contributed by atoms with Crippen LogP contribution in [0.4, 0.5) is 0 Å². The van der Waals surface area contributed by atoms with Gasteiger partial charge in [-0.05, 0) is 31.6 Å². The molecule has 1 N–H and O–H groups in total. The third kappa shape index (κ3) is 2.25. The van der Waals surface area contributed by atoms with E-state index >= 15 is 0 Å². The Morgan fingerprint density at radius 2 is 2.12 bits per heavy atom. The number of rotatable bonds is 1. The molecule has 2 heterocycles. The summed E-state index contributed by atoms with van der Waals surface area (Å²) in [5.74, 6) is 1.10. The molecule has 1 saturated heterocycles. The quantitative estimate of drug-likeness (QED) is 0.700. The molecule has 1 saturated carbocycles. The highest BCUT2D eigenvalue weighted by molar-refractivity contribution is 5.82. The molecule has 3 nitrogen and oxygen atoms in total. The molecule has 1 amide bonds. The Balaban J connectivity index is 1.61. The van der Waals surface area contributed by atoms with Crippen LogP contribution in [-0.4, -0.2) is 36.0 Å². The molecule has 1 aliphatic carbocycles. The summed E-state index contributed by atoms with van der Waals surface area (Å²) in [6, 6.07) is 0.729. The number of hydrogen-bond donors (Lipinski definition) is 1. The highest BCUT2D eigenvalue weighted by Gasteiger charge is 2.39. The Morgan fingerprint density at radius 1 is 1.24 bits per heavy atom. The minimum absolute atomic E-state index is 0.106. The summed E-state index contributed by atoms with van der Waals surface area (Å²) < 4.78 is 0. The van der Waals surface area contributed by atoms with E-state index in [2.05, 4.69) is 17.5 Å². The average Bonchev–Trinajstić information content (AvgIpc) is 2.82. The van der Waals surface area contributed by atoms with Crippen LogP contribution in [0.2, 0.25) is 0 Å². The van der Waals surface area contributed by atoms with Crippen molar-refractivity contribution in [2.75, 3.05) is 13.1 Å². The summed E-state index contributed by atoms with van der Waals surface area (Å²) in [5.41, 5.74) is 0. The van der Waals surface area contributed by atoms with Gasteiger partial charge in [-0.25, -0.2) is 0 Å². The van der Waals surface area contributed by atoms with Gasteiger partial charge in [-0.3, -0.25) is 4.79 Å². The SMILES string of the molecule is O=C(C1CC2CCCCC2N1)N1CC=CCC1. The van der Waals surface area contributed by atoms with E-state index in [0.29, 0.717) is 11.9 Å². The summed E-state index contributed by atoms with van der Waals surface area (Å²) >= 11 is 0. The van der Waals surface area contributed by atoms with Gasteiger partial charge in [-0.1, -0.05) is 25.0 Å². The lowest BCUT2D eigenvalue weighted by Gasteiger charge is -2.26. The van der Waals surface area contributed by atoms with Gasteiger partial charge in [0.25, 0.3) is 0 Å². The minimum Gasteiger partial charge on any atom is -0.337 e. The van der Waals surface area contributed by atoms with E-state index in [1.54, 1.807) is 0 Å². The second-order valence-electron chi connectivity index (χ2n) is 5.65. The van der Waals surface area contributed by atoms with Crippen molar-refractivity contribution in [3.05, 3.63) is 12.2 Å². The fraction of sp³-hybridized carbons (Fsp3) is 0.786. The molecule has 3 rings (SSSR count). The predicted octanol–water partition coefficient (Wildman–Crippen LogP) is 1.70. The average molecular weight is 234 g/mol. The molecule has 0 bridgehead atoms. The second kappa shape index (κ2) is 4.81. The van der Waals surface area contributed by atoms with E-state index in [9.17, 15) is 4.79 Å². The molecule has 0 aromatic heterocycles. The molecule has 17 heavy (non-hydrogen) atoms. The van der Waals surface area contributed by atoms with Gasteiger partial charge in [-0.15, -0.1) is 0 Å². The highest BCUT2D eigenvalue weighted by atomic mass is 16.2. The first-order chi connectivity index (χ1) is 8.34. The standard InChI is InChI=1S/C14H22N2O/c17-14(16-8-4-1-5-9-16)13-10-11-6-2-3-7-12(11)15-13/h1,4,11-13,15H,2-3,5-10H2. The molecule has 94 valence electrons. The lowest BCUT2D eigenvalue weighted by Crippen LogP contribution is -2.46. The van der Waals surface area contributed by atoms with Crippen LogP contribution < -0.4 is 5.32 Å². The molecule has 2 aliphatic heterocycles. The topological polar surface area (TPSA) is 32.3 Å². The van der Waals surface area contributed by atoms with E-state index < -0.39 is 0 Å². The fourth-order valence-electron chi connectivity index (χ4n) is 3.57. The van der Waals surface area contributed by atoms with E-state index in [0.717, 1.165) is 31.8 Å². The van der Waals surface area contributed by atoms with Crippen LogP contribution in [-0.2, 0) is 4.79 Å². The number of carbonyl (C=O) groups is 1. The van der Waals surface area contributed by atoms with E-state index in [1.165, 1.54) is 25.7 Å². The summed E-state index contributed by atoms with van der Waals surface area (Å²) in [5, 5.41) is 3.57. The Labute approximate surface area is 103 Å². The molecule has 0 radical (unpaired) electrons. The Morgan fingerprint density at radius 3 is 2.88 bits per heavy atom. The first-order valence-electron chi connectivity index (χ1n) is 7.04. The predicted molar refractivity (Wildman–Crippen MR) is 67.6 cm³/mol. The zero-order valence-electron chi connectivity index (χ0n) is 10.4. The van der Waals surface area contributed by atoms with Crippen molar-refractivity contribution < 1.29 is 4.79 Å². The summed E-state index contributed by atoms with van der Waals surface area (Å²) in [7, 11) is 0. The van der Waals surface area contributed by atoms with Crippen molar-refractivity contribution in [2.45, 2.75) is 50.6 Å². The van der Waals surface area contributed by atoms with Crippen LogP contribution >= 0.6 is 0 Å². The molecule has 2 fully saturated rings. The van der Waals surface area contributed by atoms with Crippen molar-refractivity contribution >= 4 is 5.91 Å². The summed E-state index contributed by atoms with van der Waals surface area (Å²) in [6.45, 7) is 1.72. The molecule has 3 unspecified atom stereocenters. The van der Waals surface area contributed by atoms with Crippen LogP contribution in [0.5, 0.6) is 0 Å². The number of fused-ring (bicyclic) bond motifs is 1. The van der Waals surface area contributed by atoms with Gasteiger partial charge >= 0.3 is 0 Å². The first kappa shape index (κ1) is 11.3. The molecule has 0 spiro atoms. The van der Waals surface area contributed by atoms with Gasteiger partial charge in [0, 0.05) is 19.1 Å². The maximum absolute atomic E-state index is 12.4. The normalized spacial score (nSPS) is 36.9. The number of nitrogens with zero attached hydrogens (tertiary/aromatic N) is 1. The summed E-state index contributed by atoms with van der Waals surface area (Å²) in [4.78, 5) is 14.4. The smallest absolute Gasteiger partial charge is 0.240 e. The maximum atomic E-state index is 12.4. The van der Waals surface area contributed by atoms with Crippen molar-refractivity contribution in [1.29, 1.82) is 0 Å². The van der Waals surface area contributed by atoms with Crippen molar-refractivity contribution in [1.82, 2.24) is 10.2 Å². The molecule has 3 heteroatoms. The summed E-state index contributed by atoms with van der Waals surface area (Å²) in [6.07, 6.45) is 11.7. The first-order valence-corrected chi connectivity index (χ1v) is 7.04. The van der Waals surface area contributed by atoms with E-state index in [-0.39, 0.29) is 6.04 Å². The van der Waals surface area contributed by atoms with Crippen molar-refractivity contribution in [2.24, 2.45) is 5.92 Å². The van der Waals surface area contributed by atoms with Crippen molar-refractivity contribution in [3.8, 4) is 0 Å². The number of carbonyl (C=O) groups excluding carboxylic acids is 1. The molecule has 0 aromatic carbocycles. The molecule has 0 aromatic rings. The maximum Gasteiger partial charge on any atom is 0.240 e. The highest BCUT2D eigenvalue weighted by Crippen LogP contribution is 2.33. The molecule has 3 atom stereocenters. The molecular formula is C14H22N2O. The number of hydrogen-bond acceptors (Lipinski definition) is 2. The number of amides is 1. The second-order valence-corrected chi connectivity index (χ2v) is 5.65. The van der Waals surface area contributed by atoms with Crippen LogP contribution in [0, 0.1) is 5.92 Å². The minimum atomic E-state index is 0.106. The van der Waals surface area contributed by atoms with Crippen LogP contribution in [0.15, 0.2) is 12.2 Å². The van der Waals surface area contributed by atoms with Gasteiger partial charge in [0.1, 0.15) is 0 Å². The van der Waals surface area contributed by atoms with Gasteiger partial charge in [0.15, 0.2) is 0 Å². The van der Waals surface area contributed by atoms with Gasteiger partial charge in [-0.2, -0.15) is 0 Å². The third-order valence-electron chi connectivity index (χ3n) is 4.53. The molecule has 3 aliphatic rings. The van der Waals surface area contributed by atoms with Crippen molar-refractivity contribution in [3.63, 3.8) is 0 Å². The van der Waals surface area contributed by atoms with E-state index in [1.807, 2.05) is 4.90 Å². The lowest BCUT2D eigenvalue weighted by molar-refractivity contribution is -0.132. The largest absolute Gasteiger partial charge is 0.337 e. The lowest BCUT2D eigenvalue weighted by atomic mass is 9.85.